The summed E-state index contributed by atoms with van der Waals surface area (Å²) >= 11 is 0. The Labute approximate surface area is 128 Å². The van der Waals surface area contributed by atoms with Gasteiger partial charge in [-0.15, -0.1) is 0 Å². The van der Waals surface area contributed by atoms with Crippen molar-refractivity contribution in [2.24, 2.45) is 0 Å². The summed E-state index contributed by atoms with van der Waals surface area (Å²) in [6.07, 6.45) is 4.67. The van der Waals surface area contributed by atoms with Crippen LogP contribution in [-0.2, 0) is 0 Å². The number of fused-ring (bicyclic) bond motifs is 2. The van der Waals surface area contributed by atoms with Gasteiger partial charge in [0.15, 0.2) is 0 Å². The molecule has 2 heterocycles. The van der Waals surface area contributed by atoms with E-state index in [1.807, 2.05) is 30.3 Å². The number of carbonyl (C=O) groups excluding carboxylic acids is 1. The van der Waals surface area contributed by atoms with Gasteiger partial charge in [-0.2, -0.15) is 0 Å². The molecule has 21 heavy (non-hydrogen) atoms. The molecule has 112 valence electrons. The van der Waals surface area contributed by atoms with E-state index in [0.29, 0.717) is 12.1 Å². The van der Waals surface area contributed by atoms with E-state index in [0.717, 1.165) is 24.8 Å². The quantitative estimate of drug-likeness (QED) is 0.747. The minimum absolute atomic E-state index is 0.226. The molecular weight excluding hydrogens is 274 g/mol. The summed E-state index contributed by atoms with van der Waals surface area (Å²) in [4.78, 5) is 15.1. The van der Waals surface area contributed by atoms with Crippen molar-refractivity contribution in [1.29, 1.82) is 0 Å². The molecule has 1 aromatic rings. The first-order valence-electron chi connectivity index (χ1n) is 8.05. The SMILES string of the molecule is C[Si](C)(C)/C=C1\CC2CCCC1N2C(=O)c1ccccc1. The maximum atomic E-state index is 12.9. The average molecular weight is 299 g/mol. The lowest BCUT2D eigenvalue weighted by atomic mass is 10.0. The Morgan fingerprint density at radius 3 is 2.57 bits per heavy atom. The van der Waals surface area contributed by atoms with Crippen LogP contribution in [0.25, 0.3) is 0 Å². The van der Waals surface area contributed by atoms with Crippen LogP contribution in [0, 0.1) is 0 Å². The monoisotopic (exact) mass is 299 g/mol. The molecule has 3 rings (SSSR count). The van der Waals surface area contributed by atoms with Crippen molar-refractivity contribution in [3.63, 3.8) is 0 Å². The first kappa shape index (κ1) is 14.6. The van der Waals surface area contributed by atoms with E-state index in [4.69, 9.17) is 0 Å². The molecule has 0 spiro atoms. The molecule has 0 aromatic heterocycles. The highest BCUT2D eigenvalue weighted by molar-refractivity contribution is 6.81. The summed E-state index contributed by atoms with van der Waals surface area (Å²) in [5, 5.41) is 0. The number of hydrogen-bond donors (Lipinski definition) is 0. The average Bonchev–Trinajstić information content (AvgIpc) is 2.63. The van der Waals surface area contributed by atoms with Gasteiger partial charge in [0.05, 0.1) is 14.1 Å². The summed E-state index contributed by atoms with van der Waals surface area (Å²) in [5.41, 5.74) is 4.92. The second kappa shape index (κ2) is 5.45. The predicted molar refractivity (Wildman–Crippen MR) is 90.1 cm³/mol. The fourth-order valence-corrected chi connectivity index (χ4v) is 5.22. The molecule has 3 heteroatoms. The van der Waals surface area contributed by atoms with Crippen LogP contribution in [0.2, 0.25) is 19.6 Å². The van der Waals surface area contributed by atoms with Crippen LogP contribution in [0.4, 0.5) is 0 Å². The lowest BCUT2D eigenvalue weighted by Gasteiger charge is -2.35. The van der Waals surface area contributed by atoms with Crippen molar-refractivity contribution in [3.05, 3.63) is 47.2 Å². The Kier molecular flexibility index (Phi) is 3.78. The van der Waals surface area contributed by atoms with E-state index in [1.165, 1.54) is 6.42 Å². The first-order valence-corrected chi connectivity index (χ1v) is 11.6. The molecule has 2 aliphatic rings. The Bertz CT molecular complexity index is 558. The molecule has 2 nitrogen and oxygen atoms in total. The highest BCUT2D eigenvalue weighted by Crippen LogP contribution is 2.40. The summed E-state index contributed by atoms with van der Waals surface area (Å²) in [7, 11) is -1.23. The predicted octanol–water partition coefficient (Wildman–Crippen LogP) is 4.26. The number of carbonyl (C=O) groups is 1. The Morgan fingerprint density at radius 1 is 1.19 bits per heavy atom. The summed E-state index contributed by atoms with van der Waals surface area (Å²) in [6, 6.07) is 10.6. The van der Waals surface area contributed by atoms with Gasteiger partial charge < -0.3 is 4.90 Å². The van der Waals surface area contributed by atoms with E-state index < -0.39 is 8.07 Å². The number of nitrogens with zero attached hydrogens (tertiary/aromatic N) is 1. The van der Waals surface area contributed by atoms with Gasteiger partial charge >= 0.3 is 0 Å². The summed E-state index contributed by atoms with van der Waals surface area (Å²) < 4.78 is 0. The Balaban J connectivity index is 1.90. The molecule has 0 radical (unpaired) electrons. The lowest BCUT2D eigenvalue weighted by molar-refractivity contribution is 0.0608. The number of piperidine rings is 1. The highest BCUT2D eigenvalue weighted by Gasteiger charge is 2.43. The van der Waals surface area contributed by atoms with Gasteiger partial charge in [-0.05, 0) is 37.8 Å². The zero-order valence-electron chi connectivity index (χ0n) is 13.3. The van der Waals surface area contributed by atoms with Gasteiger partial charge in [0.1, 0.15) is 0 Å². The van der Waals surface area contributed by atoms with Crippen LogP contribution < -0.4 is 0 Å². The molecule has 1 amide bonds. The van der Waals surface area contributed by atoms with Crippen LogP contribution in [0.5, 0.6) is 0 Å². The van der Waals surface area contributed by atoms with Gasteiger partial charge in [0.25, 0.3) is 5.91 Å². The maximum Gasteiger partial charge on any atom is 0.254 e. The van der Waals surface area contributed by atoms with E-state index in [1.54, 1.807) is 5.57 Å². The maximum absolute atomic E-state index is 12.9. The second-order valence-corrected chi connectivity index (χ2v) is 12.5. The van der Waals surface area contributed by atoms with E-state index >= 15 is 0 Å². The van der Waals surface area contributed by atoms with E-state index in [2.05, 4.69) is 30.2 Å². The molecule has 0 saturated carbocycles. The molecule has 0 N–H and O–H groups in total. The van der Waals surface area contributed by atoms with Gasteiger partial charge in [-0.1, -0.05) is 49.1 Å². The van der Waals surface area contributed by atoms with Crippen molar-refractivity contribution in [3.8, 4) is 0 Å². The summed E-state index contributed by atoms with van der Waals surface area (Å²) in [6.45, 7) is 7.14. The largest absolute Gasteiger partial charge is 0.329 e. The van der Waals surface area contributed by atoms with Gasteiger partial charge in [0, 0.05) is 11.6 Å². The number of hydrogen-bond acceptors (Lipinski definition) is 1. The number of rotatable bonds is 2. The van der Waals surface area contributed by atoms with Crippen LogP contribution in [-0.4, -0.2) is 31.0 Å². The Hall–Kier alpha value is -1.35. The van der Waals surface area contributed by atoms with Crippen LogP contribution in [0.1, 0.15) is 36.0 Å². The lowest BCUT2D eigenvalue weighted by Crippen LogP contribution is -2.44. The normalized spacial score (nSPS) is 27.2. The van der Waals surface area contributed by atoms with Gasteiger partial charge in [-0.3, -0.25) is 4.79 Å². The van der Waals surface area contributed by atoms with Gasteiger partial charge in [0.2, 0.25) is 0 Å². The van der Waals surface area contributed by atoms with Crippen LogP contribution >= 0.6 is 0 Å². The molecule has 1 aromatic carbocycles. The third kappa shape index (κ3) is 2.98. The van der Waals surface area contributed by atoms with Crippen molar-refractivity contribution < 1.29 is 4.79 Å². The second-order valence-electron chi connectivity index (χ2n) is 7.47. The third-order valence-corrected chi connectivity index (χ3v) is 5.75. The van der Waals surface area contributed by atoms with Crippen molar-refractivity contribution in [1.82, 2.24) is 4.90 Å². The number of amides is 1. The van der Waals surface area contributed by atoms with Crippen molar-refractivity contribution in [2.45, 2.75) is 57.4 Å². The van der Waals surface area contributed by atoms with Crippen molar-refractivity contribution in [2.75, 3.05) is 0 Å². The molecule has 2 aliphatic heterocycles. The van der Waals surface area contributed by atoms with Crippen LogP contribution in [0.15, 0.2) is 41.6 Å². The molecule has 2 unspecified atom stereocenters. The van der Waals surface area contributed by atoms with E-state index in [9.17, 15) is 4.79 Å². The molecule has 2 bridgehead atoms. The zero-order valence-corrected chi connectivity index (χ0v) is 14.3. The standard InChI is InChI=1S/C18H25NOSi/c1-21(2,3)13-15-12-16-10-7-11-17(15)19(16)18(20)14-8-5-4-6-9-14/h4-6,8-9,13,16-17H,7,10-12H2,1-3H3/b15-13+. The molecule has 2 fully saturated rings. The Morgan fingerprint density at radius 2 is 1.90 bits per heavy atom. The van der Waals surface area contributed by atoms with Crippen LogP contribution in [0.3, 0.4) is 0 Å². The fourth-order valence-electron chi connectivity index (χ4n) is 3.80. The van der Waals surface area contributed by atoms with Gasteiger partial charge in [-0.25, -0.2) is 0 Å². The highest BCUT2D eigenvalue weighted by atomic mass is 28.3. The smallest absolute Gasteiger partial charge is 0.254 e. The molecule has 2 saturated heterocycles. The minimum Gasteiger partial charge on any atom is -0.329 e. The summed E-state index contributed by atoms with van der Waals surface area (Å²) in [5.74, 6) is 0.226. The minimum atomic E-state index is -1.23. The topological polar surface area (TPSA) is 20.3 Å². The molecular formula is C18H25NOSi. The molecule has 0 aliphatic carbocycles. The number of benzene rings is 1. The zero-order chi connectivity index (χ0) is 15.0. The van der Waals surface area contributed by atoms with Crippen molar-refractivity contribution >= 4 is 14.0 Å². The van der Waals surface area contributed by atoms with E-state index in [-0.39, 0.29) is 5.91 Å². The first-order chi connectivity index (χ1) is 9.96. The molecule has 2 atom stereocenters. The third-order valence-electron chi connectivity index (χ3n) is 4.52. The fraction of sp³-hybridized carbons (Fsp3) is 0.500.